The van der Waals surface area contributed by atoms with E-state index in [0.717, 1.165) is 38.2 Å². The van der Waals surface area contributed by atoms with Crippen LogP contribution in [0.5, 0.6) is 5.75 Å². The number of aromatic nitrogens is 2. The molecular weight excluding hydrogens is 423 g/mol. The van der Waals surface area contributed by atoms with E-state index in [1.807, 2.05) is 30.3 Å². The van der Waals surface area contributed by atoms with Crippen LogP contribution in [0.15, 0.2) is 71.8 Å². The first-order valence-electron chi connectivity index (χ1n) is 11.3. The normalized spacial score (nSPS) is 14.8. The van der Waals surface area contributed by atoms with Crippen molar-refractivity contribution < 1.29 is 13.9 Å². The van der Waals surface area contributed by atoms with Crippen molar-refractivity contribution in [1.82, 2.24) is 14.0 Å². The molecule has 0 aliphatic carbocycles. The molecule has 1 aliphatic heterocycles. The number of halogens is 1. The van der Waals surface area contributed by atoms with Gasteiger partial charge in [-0.05, 0) is 68.2 Å². The van der Waals surface area contributed by atoms with E-state index in [4.69, 9.17) is 4.74 Å². The number of rotatable bonds is 9. The first-order valence-corrected chi connectivity index (χ1v) is 11.3. The molecule has 1 aliphatic rings. The zero-order valence-electron chi connectivity index (χ0n) is 18.5. The highest BCUT2D eigenvalue weighted by atomic mass is 19.1. The Morgan fingerprint density at radius 2 is 1.70 bits per heavy atom. The number of anilines is 1. The summed E-state index contributed by atoms with van der Waals surface area (Å²) in [6, 6.07) is 15.4. The molecule has 1 N–H and O–H groups in total. The predicted molar refractivity (Wildman–Crippen MR) is 125 cm³/mol. The summed E-state index contributed by atoms with van der Waals surface area (Å²) in [6.45, 7) is 4.09. The molecule has 0 bridgehead atoms. The van der Waals surface area contributed by atoms with Crippen LogP contribution in [-0.2, 0) is 17.9 Å². The van der Waals surface area contributed by atoms with E-state index in [9.17, 15) is 14.0 Å². The van der Waals surface area contributed by atoms with Gasteiger partial charge in [0, 0.05) is 31.2 Å². The molecule has 1 fully saturated rings. The maximum Gasteiger partial charge on any atom is 0.328 e. The maximum atomic E-state index is 13.0. The zero-order valence-corrected chi connectivity index (χ0v) is 18.5. The molecule has 0 spiro atoms. The number of carbonyl (C=O) groups is 1. The smallest absolute Gasteiger partial charge is 0.328 e. The highest BCUT2D eigenvalue weighted by Crippen LogP contribution is 2.19. The van der Waals surface area contributed by atoms with E-state index < -0.39 is 0 Å². The number of carbonyl (C=O) groups excluding carboxylic acids is 1. The Balaban J connectivity index is 1.20. The average molecular weight is 453 g/mol. The van der Waals surface area contributed by atoms with Gasteiger partial charge in [-0.2, -0.15) is 0 Å². The SMILES string of the molecule is O=C(Cn1ccn(CC2CCN(CCOc3ccccc3)CC2)c1=O)Nc1ccc(F)cc1. The number of piperidine rings is 1. The van der Waals surface area contributed by atoms with Gasteiger partial charge >= 0.3 is 5.69 Å². The molecule has 1 amide bonds. The third-order valence-corrected chi connectivity index (χ3v) is 5.94. The minimum absolute atomic E-state index is 0.0803. The van der Waals surface area contributed by atoms with Gasteiger partial charge in [0.1, 0.15) is 24.7 Å². The second-order valence-electron chi connectivity index (χ2n) is 8.36. The van der Waals surface area contributed by atoms with E-state index in [-0.39, 0.29) is 24.0 Å². The molecule has 2 heterocycles. The summed E-state index contributed by atoms with van der Waals surface area (Å²) in [5.74, 6) is 0.626. The van der Waals surface area contributed by atoms with Gasteiger partial charge in [0.25, 0.3) is 0 Å². The second-order valence-corrected chi connectivity index (χ2v) is 8.36. The van der Waals surface area contributed by atoms with Crippen LogP contribution < -0.4 is 15.7 Å². The summed E-state index contributed by atoms with van der Waals surface area (Å²) in [6.07, 6.45) is 5.43. The average Bonchev–Trinajstić information content (AvgIpc) is 3.16. The number of para-hydroxylation sites is 1. The first-order chi connectivity index (χ1) is 16.1. The van der Waals surface area contributed by atoms with Crippen molar-refractivity contribution in [2.75, 3.05) is 31.6 Å². The molecule has 0 saturated carbocycles. The molecule has 0 atom stereocenters. The molecule has 4 rings (SSSR count). The topological polar surface area (TPSA) is 68.5 Å². The highest BCUT2D eigenvalue weighted by Gasteiger charge is 2.20. The monoisotopic (exact) mass is 452 g/mol. The summed E-state index contributed by atoms with van der Waals surface area (Å²) in [5.41, 5.74) is 0.303. The van der Waals surface area contributed by atoms with E-state index in [1.165, 1.54) is 28.8 Å². The number of hydrogen-bond donors (Lipinski definition) is 1. The summed E-state index contributed by atoms with van der Waals surface area (Å²) < 4.78 is 21.9. The number of ether oxygens (including phenoxy) is 1. The van der Waals surface area contributed by atoms with E-state index in [0.29, 0.717) is 24.8 Å². The van der Waals surface area contributed by atoms with E-state index in [2.05, 4.69) is 10.2 Å². The molecule has 8 heteroatoms. The lowest BCUT2D eigenvalue weighted by Crippen LogP contribution is -2.38. The number of amides is 1. The van der Waals surface area contributed by atoms with Crippen LogP contribution in [0, 0.1) is 11.7 Å². The fourth-order valence-corrected chi connectivity index (χ4v) is 4.08. The van der Waals surface area contributed by atoms with Crippen molar-refractivity contribution in [3.05, 3.63) is 83.3 Å². The van der Waals surface area contributed by atoms with Crippen LogP contribution in [0.3, 0.4) is 0 Å². The van der Waals surface area contributed by atoms with Crippen molar-refractivity contribution in [2.24, 2.45) is 5.92 Å². The second kappa shape index (κ2) is 11.0. The van der Waals surface area contributed by atoms with E-state index >= 15 is 0 Å². The van der Waals surface area contributed by atoms with Crippen molar-refractivity contribution >= 4 is 11.6 Å². The van der Waals surface area contributed by atoms with Gasteiger partial charge in [0.15, 0.2) is 0 Å². The fraction of sp³-hybridized carbons (Fsp3) is 0.360. The van der Waals surface area contributed by atoms with E-state index in [1.54, 1.807) is 17.0 Å². The van der Waals surface area contributed by atoms with Crippen LogP contribution in [-0.4, -0.2) is 46.2 Å². The number of nitrogens with one attached hydrogen (secondary N) is 1. The first kappa shape index (κ1) is 22.8. The predicted octanol–water partition coefficient (Wildman–Crippen LogP) is 3.22. The maximum absolute atomic E-state index is 13.0. The molecule has 1 saturated heterocycles. The molecule has 33 heavy (non-hydrogen) atoms. The lowest BCUT2D eigenvalue weighted by Gasteiger charge is -2.31. The minimum Gasteiger partial charge on any atom is -0.492 e. The molecule has 174 valence electrons. The van der Waals surface area contributed by atoms with Crippen molar-refractivity contribution in [3.63, 3.8) is 0 Å². The van der Waals surface area contributed by atoms with Gasteiger partial charge < -0.3 is 10.1 Å². The Morgan fingerprint density at radius 3 is 2.42 bits per heavy atom. The number of nitrogens with zero attached hydrogens (tertiary/aromatic N) is 3. The van der Waals surface area contributed by atoms with Gasteiger partial charge in [0.2, 0.25) is 5.91 Å². The summed E-state index contributed by atoms with van der Waals surface area (Å²) in [4.78, 5) is 27.3. The third-order valence-electron chi connectivity index (χ3n) is 5.94. The molecule has 0 unspecified atom stereocenters. The van der Waals surface area contributed by atoms with Crippen LogP contribution in [0.25, 0.3) is 0 Å². The van der Waals surface area contributed by atoms with Crippen LogP contribution in [0.2, 0.25) is 0 Å². The quantitative estimate of drug-likeness (QED) is 0.541. The molecule has 7 nitrogen and oxygen atoms in total. The van der Waals surface area contributed by atoms with Gasteiger partial charge in [-0.1, -0.05) is 18.2 Å². The van der Waals surface area contributed by atoms with Crippen molar-refractivity contribution in [1.29, 1.82) is 0 Å². The Hall–Kier alpha value is -3.39. The number of hydrogen-bond acceptors (Lipinski definition) is 4. The van der Waals surface area contributed by atoms with Gasteiger partial charge in [0.05, 0.1) is 0 Å². The van der Waals surface area contributed by atoms with Crippen LogP contribution in [0.1, 0.15) is 12.8 Å². The van der Waals surface area contributed by atoms with Crippen molar-refractivity contribution in [3.8, 4) is 5.75 Å². The van der Waals surface area contributed by atoms with Crippen molar-refractivity contribution in [2.45, 2.75) is 25.9 Å². The summed E-state index contributed by atoms with van der Waals surface area (Å²) >= 11 is 0. The van der Waals surface area contributed by atoms with Gasteiger partial charge in [-0.3, -0.25) is 18.8 Å². The van der Waals surface area contributed by atoms with Gasteiger partial charge in [-0.25, -0.2) is 9.18 Å². The fourth-order valence-electron chi connectivity index (χ4n) is 4.08. The largest absolute Gasteiger partial charge is 0.492 e. The molecule has 0 radical (unpaired) electrons. The lowest BCUT2D eigenvalue weighted by atomic mass is 9.97. The third kappa shape index (κ3) is 6.55. The number of likely N-dealkylation sites (tertiary alicyclic amines) is 1. The number of benzene rings is 2. The standard InChI is InChI=1S/C25H29FN4O3/c26-21-6-8-22(9-7-21)27-24(31)19-30-15-14-29(25(30)32)18-20-10-12-28(13-11-20)16-17-33-23-4-2-1-3-5-23/h1-9,14-15,20H,10-13,16-19H2,(H,27,31). The summed E-state index contributed by atoms with van der Waals surface area (Å²) in [7, 11) is 0. The number of imidazole rings is 1. The van der Waals surface area contributed by atoms with Crippen LogP contribution >= 0.6 is 0 Å². The minimum atomic E-state index is -0.368. The zero-order chi connectivity index (χ0) is 23.0. The Bertz CT molecular complexity index is 1090. The molecule has 1 aromatic heterocycles. The summed E-state index contributed by atoms with van der Waals surface area (Å²) in [5, 5.41) is 2.68. The van der Waals surface area contributed by atoms with Gasteiger partial charge in [-0.15, -0.1) is 0 Å². The van der Waals surface area contributed by atoms with Crippen LogP contribution in [0.4, 0.5) is 10.1 Å². The Kier molecular flexibility index (Phi) is 7.57. The molecule has 2 aromatic carbocycles. The lowest BCUT2D eigenvalue weighted by molar-refractivity contribution is -0.116. The Morgan fingerprint density at radius 1 is 1.00 bits per heavy atom. The Labute approximate surface area is 192 Å². The molecule has 3 aromatic rings. The highest BCUT2D eigenvalue weighted by molar-refractivity contribution is 5.90. The molecular formula is C25H29FN4O3.